The molecule has 0 saturated carbocycles. The number of hydrogen-bond donors (Lipinski definition) is 1. The Labute approximate surface area is 162 Å². The van der Waals surface area contributed by atoms with Gasteiger partial charge in [0, 0.05) is 31.2 Å². The zero-order chi connectivity index (χ0) is 19.0. The maximum absolute atomic E-state index is 11.8. The predicted molar refractivity (Wildman–Crippen MR) is 109 cm³/mol. The molecule has 3 aromatic rings. The zero-order valence-electron chi connectivity index (χ0n) is 15.6. The number of aromatic nitrogens is 1. The number of nitrogens with zero attached hydrogens (tertiary/aromatic N) is 1. The first-order chi connectivity index (χ1) is 13.0. The number of phenolic OH excluding ortho intramolecular Hbond substituents is 1. The lowest BCUT2D eigenvalue weighted by Gasteiger charge is -2.25. The summed E-state index contributed by atoms with van der Waals surface area (Å²) in [4.78, 5) is 13.8. The van der Waals surface area contributed by atoms with E-state index in [0.717, 1.165) is 52.3 Å². The van der Waals surface area contributed by atoms with Gasteiger partial charge in [0.05, 0.1) is 10.4 Å². The van der Waals surface area contributed by atoms with Crippen LogP contribution in [0.3, 0.4) is 0 Å². The molecular formula is C22H23NO3S. The SMILES string of the molecule is Cc1c(C2CCOCC2)ccc(O)c1Sc1ccc2c(ccc(=O)n2C)c1. The predicted octanol–water partition coefficient (Wildman–Crippen LogP) is 4.60. The van der Waals surface area contributed by atoms with Gasteiger partial charge in [-0.15, -0.1) is 0 Å². The summed E-state index contributed by atoms with van der Waals surface area (Å²) in [6.07, 6.45) is 2.06. The van der Waals surface area contributed by atoms with E-state index >= 15 is 0 Å². The van der Waals surface area contributed by atoms with Gasteiger partial charge in [-0.2, -0.15) is 0 Å². The molecule has 1 aliphatic rings. The molecule has 0 spiro atoms. The van der Waals surface area contributed by atoms with E-state index in [1.807, 2.05) is 24.3 Å². The maximum atomic E-state index is 11.8. The quantitative estimate of drug-likeness (QED) is 0.720. The molecule has 0 bridgehead atoms. The van der Waals surface area contributed by atoms with Gasteiger partial charge in [0.25, 0.3) is 5.56 Å². The Hall–Kier alpha value is -2.24. The fraction of sp³-hybridized carbons (Fsp3) is 0.318. The molecule has 1 saturated heterocycles. The van der Waals surface area contributed by atoms with Crippen LogP contribution < -0.4 is 5.56 Å². The van der Waals surface area contributed by atoms with Crippen molar-refractivity contribution < 1.29 is 9.84 Å². The molecule has 140 valence electrons. The lowest BCUT2D eigenvalue weighted by Crippen LogP contribution is -2.15. The molecule has 2 heterocycles. The van der Waals surface area contributed by atoms with Crippen molar-refractivity contribution in [1.82, 2.24) is 4.57 Å². The molecule has 1 aliphatic heterocycles. The summed E-state index contributed by atoms with van der Waals surface area (Å²) in [7, 11) is 1.78. The highest BCUT2D eigenvalue weighted by Gasteiger charge is 2.21. The Morgan fingerprint density at radius 3 is 2.67 bits per heavy atom. The summed E-state index contributed by atoms with van der Waals surface area (Å²) in [5.74, 6) is 0.804. The van der Waals surface area contributed by atoms with Crippen LogP contribution in [0.5, 0.6) is 5.75 Å². The standard InChI is InChI=1S/C22H23NO3S/c1-14-18(15-9-11-26-12-10-15)5-7-20(24)22(14)27-17-4-6-19-16(13-17)3-8-21(25)23(19)2/h3-8,13,15,24H,9-12H2,1-2H3. The molecule has 2 aromatic carbocycles. The molecule has 0 amide bonds. The number of benzene rings is 2. The van der Waals surface area contributed by atoms with Crippen LogP contribution >= 0.6 is 11.8 Å². The lowest BCUT2D eigenvalue weighted by molar-refractivity contribution is 0.0851. The zero-order valence-corrected chi connectivity index (χ0v) is 16.4. The van der Waals surface area contributed by atoms with Gasteiger partial charge in [-0.05, 0) is 72.5 Å². The second-order valence-electron chi connectivity index (χ2n) is 7.07. The average Bonchev–Trinajstić information content (AvgIpc) is 2.69. The van der Waals surface area contributed by atoms with Crippen molar-refractivity contribution in [3.8, 4) is 5.75 Å². The van der Waals surface area contributed by atoms with Crippen LogP contribution in [0.1, 0.15) is 29.9 Å². The minimum Gasteiger partial charge on any atom is -0.507 e. The van der Waals surface area contributed by atoms with Gasteiger partial charge in [0.1, 0.15) is 5.75 Å². The number of pyridine rings is 1. The van der Waals surface area contributed by atoms with Crippen LogP contribution in [-0.4, -0.2) is 22.9 Å². The smallest absolute Gasteiger partial charge is 0.250 e. The first-order valence-electron chi connectivity index (χ1n) is 9.22. The van der Waals surface area contributed by atoms with Crippen molar-refractivity contribution in [2.24, 2.45) is 7.05 Å². The minimum atomic E-state index is -0.0134. The van der Waals surface area contributed by atoms with Crippen molar-refractivity contribution in [2.75, 3.05) is 13.2 Å². The van der Waals surface area contributed by atoms with E-state index in [-0.39, 0.29) is 5.56 Å². The Morgan fingerprint density at radius 1 is 1.11 bits per heavy atom. The van der Waals surface area contributed by atoms with Crippen molar-refractivity contribution >= 4 is 22.7 Å². The summed E-state index contributed by atoms with van der Waals surface area (Å²) in [6.45, 7) is 3.70. The van der Waals surface area contributed by atoms with Gasteiger partial charge in [0.2, 0.25) is 0 Å². The highest BCUT2D eigenvalue weighted by atomic mass is 32.2. The first kappa shape index (κ1) is 18.1. The monoisotopic (exact) mass is 381 g/mol. The van der Waals surface area contributed by atoms with Crippen LogP contribution in [-0.2, 0) is 11.8 Å². The van der Waals surface area contributed by atoms with Crippen molar-refractivity contribution in [3.05, 3.63) is 63.9 Å². The van der Waals surface area contributed by atoms with Gasteiger partial charge < -0.3 is 14.4 Å². The molecule has 4 nitrogen and oxygen atoms in total. The van der Waals surface area contributed by atoms with E-state index in [4.69, 9.17) is 4.74 Å². The number of ether oxygens (including phenoxy) is 1. The highest BCUT2D eigenvalue weighted by molar-refractivity contribution is 7.99. The maximum Gasteiger partial charge on any atom is 0.250 e. The third kappa shape index (κ3) is 3.49. The van der Waals surface area contributed by atoms with E-state index in [2.05, 4.69) is 19.1 Å². The number of rotatable bonds is 3. The first-order valence-corrected chi connectivity index (χ1v) is 10.0. The normalized spacial score (nSPS) is 15.3. The van der Waals surface area contributed by atoms with E-state index in [0.29, 0.717) is 11.7 Å². The second kappa shape index (κ2) is 7.41. The van der Waals surface area contributed by atoms with Gasteiger partial charge >= 0.3 is 0 Å². The Morgan fingerprint density at radius 2 is 1.89 bits per heavy atom. The fourth-order valence-corrected chi connectivity index (χ4v) is 4.82. The van der Waals surface area contributed by atoms with Crippen molar-refractivity contribution in [1.29, 1.82) is 0 Å². The number of aryl methyl sites for hydroxylation is 1. The minimum absolute atomic E-state index is 0.0134. The Bertz CT molecular complexity index is 1050. The van der Waals surface area contributed by atoms with Crippen LogP contribution in [0.2, 0.25) is 0 Å². The van der Waals surface area contributed by atoms with Crippen molar-refractivity contribution in [3.63, 3.8) is 0 Å². The van der Waals surface area contributed by atoms with Gasteiger partial charge in [-0.3, -0.25) is 4.79 Å². The average molecular weight is 381 g/mol. The highest BCUT2D eigenvalue weighted by Crippen LogP contribution is 2.42. The summed E-state index contributed by atoms with van der Waals surface area (Å²) in [5.41, 5.74) is 3.35. The summed E-state index contributed by atoms with van der Waals surface area (Å²) in [5, 5.41) is 11.5. The van der Waals surface area contributed by atoms with Crippen LogP contribution in [0.25, 0.3) is 10.9 Å². The lowest BCUT2D eigenvalue weighted by atomic mass is 9.88. The summed E-state index contributed by atoms with van der Waals surface area (Å²) in [6, 6.07) is 13.4. The molecule has 1 fully saturated rings. The molecule has 4 rings (SSSR count). The van der Waals surface area contributed by atoms with E-state index in [1.165, 1.54) is 5.56 Å². The van der Waals surface area contributed by atoms with Gasteiger partial charge in [-0.25, -0.2) is 0 Å². The third-order valence-corrected chi connectivity index (χ3v) is 6.61. The number of hydrogen-bond acceptors (Lipinski definition) is 4. The van der Waals surface area contributed by atoms with E-state index in [1.54, 1.807) is 29.4 Å². The molecule has 5 heteroatoms. The molecule has 0 atom stereocenters. The van der Waals surface area contributed by atoms with Gasteiger partial charge in [-0.1, -0.05) is 17.8 Å². The van der Waals surface area contributed by atoms with Crippen molar-refractivity contribution in [2.45, 2.75) is 35.5 Å². The van der Waals surface area contributed by atoms with Crippen LogP contribution in [0, 0.1) is 6.92 Å². The molecular weight excluding hydrogens is 358 g/mol. The number of aromatic hydroxyl groups is 1. The summed E-state index contributed by atoms with van der Waals surface area (Å²) < 4.78 is 7.14. The molecule has 0 radical (unpaired) electrons. The Kier molecular flexibility index (Phi) is 4.98. The van der Waals surface area contributed by atoms with E-state index in [9.17, 15) is 9.90 Å². The number of phenols is 1. The van der Waals surface area contributed by atoms with Crippen LogP contribution in [0.4, 0.5) is 0 Å². The van der Waals surface area contributed by atoms with Gasteiger partial charge in [0.15, 0.2) is 0 Å². The molecule has 0 unspecified atom stereocenters. The summed E-state index contributed by atoms with van der Waals surface area (Å²) >= 11 is 1.58. The fourth-order valence-electron chi connectivity index (χ4n) is 3.82. The number of fused-ring (bicyclic) bond motifs is 1. The molecule has 0 aliphatic carbocycles. The van der Waals surface area contributed by atoms with E-state index < -0.39 is 0 Å². The second-order valence-corrected chi connectivity index (χ2v) is 8.15. The molecule has 1 aromatic heterocycles. The van der Waals surface area contributed by atoms with Crippen LogP contribution in [0.15, 0.2) is 57.1 Å². The third-order valence-electron chi connectivity index (χ3n) is 5.40. The molecule has 27 heavy (non-hydrogen) atoms. The topological polar surface area (TPSA) is 51.5 Å². The molecule has 1 N–H and O–H groups in total. The Balaban J connectivity index is 1.70. The largest absolute Gasteiger partial charge is 0.507 e.